The van der Waals surface area contributed by atoms with Gasteiger partial charge in [-0.05, 0) is 54.9 Å². The highest BCUT2D eigenvalue weighted by molar-refractivity contribution is 5.22. The fourth-order valence-electron chi connectivity index (χ4n) is 2.93. The van der Waals surface area contributed by atoms with Crippen LogP contribution in [0.2, 0.25) is 0 Å². The first-order valence-corrected chi connectivity index (χ1v) is 6.03. The zero-order chi connectivity index (χ0) is 12.7. The fraction of sp³-hybridized carbons (Fsp3) is 0.571. The zero-order valence-electron chi connectivity index (χ0n) is 10.4. The van der Waals surface area contributed by atoms with Crippen molar-refractivity contribution >= 4 is 0 Å². The molecule has 0 saturated heterocycles. The first-order valence-electron chi connectivity index (χ1n) is 6.03. The average molecular weight is 239 g/mol. The summed E-state index contributed by atoms with van der Waals surface area (Å²) in [7, 11) is 0. The normalized spacial score (nSPS) is 27.4. The van der Waals surface area contributed by atoms with Crippen molar-refractivity contribution in [3.8, 4) is 0 Å². The summed E-state index contributed by atoms with van der Waals surface area (Å²) in [4.78, 5) is 0. The van der Waals surface area contributed by atoms with E-state index in [2.05, 4.69) is 13.8 Å². The molecule has 0 bridgehead atoms. The van der Waals surface area contributed by atoms with Crippen LogP contribution in [0.5, 0.6) is 0 Å². The quantitative estimate of drug-likeness (QED) is 0.840. The Morgan fingerprint density at radius 2 is 1.94 bits per heavy atom. The highest BCUT2D eigenvalue weighted by Gasteiger charge is 2.40. The Morgan fingerprint density at radius 1 is 1.24 bits per heavy atom. The van der Waals surface area contributed by atoms with E-state index in [9.17, 15) is 8.78 Å². The molecule has 1 aliphatic rings. The van der Waals surface area contributed by atoms with Crippen LogP contribution in [0.1, 0.15) is 38.7 Å². The summed E-state index contributed by atoms with van der Waals surface area (Å²) in [5.41, 5.74) is 6.51. The Bertz CT molecular complexity index is 428. The fourth-order valence-corrected chi connectivity index (χ4v) is 2.93. The minimum Gasteiger partial charge on any atom is -0.325 e. The molecule has 1 nitrogen and oxygen atoms in total. The van der Waals surface area contributed by atoms with Crippen LogP contribution in [0.3, 0.4) is 0 Å². The van der Waals surface area contributed by atoms with Gasteiger partial charge in [0, 0.05) is 5.54 Å². The van der Waals surface area contributed by atoms with Crippen LogP contribution < -0.4 is 5.73 Å². The lowest BCUT2D eigenvalue weighted by Gasteiger charge is -2.26. The van der Waals surface area contributed by atoms with Crippen LogP contribution in [-0.4, -0.2) is 5.54 Å². The summed E-state index contributed by atoms with van der Waals surface area (Å²) < 4.78 is 26.7. The number of halogens is 2. The van der Waals surface area contributed by atoms with Gasteiger partial charge in [-0.15, -0.1) is 0 Å². The molecule has 2 N–H and O–H groups in total. The van der Waals surface area contributed by atoms with Crippen LogP contribution in [0.15, 0.2) is 18.2 Å². The van der Waals surface area contributed by atoms with Gasteiger partial charge in [0.2, 0.25) is 0 Å². The van der Waals surface area contributed by atoms with Gasteiger partial charge >= 0.3 is 0 Å². The van der Waals surface area contributed by atoms with Gasteiger partial charge in [-0.2, -0.15) is 0 Å². The predicted molar refractivity (Wildman–Crippen MR) is 64.6 cm³/mol. The zero-order valence-corrected chi connectivity index (χ0v) is 10.4. The number of rotatable bonds is 2. The van der Waals surface area contributed by atoms with Crippen LogP contribution in [0.25, 0.3) is 0 Å². The molecule has 0 aromatic heterocycles. The van der Waals surface area contributed by atoms with Crippen LogP contribution in [0.4, 0.5) is 8.78 Å². The second kappa shape index (κ2) is 4.05. The minimum atomic E-state index is -0.401. The summed E-state index contributed by atoms with van der Waals surface area (Å²) in [5, 5.41) is 0. The summed E-state index contributed by atoms with van der Waals surface area (Å²) in [6.07, 6.45) is 3.19. The molecule has 17 heavy (non-hydrogen) atoms. The molecule has 0 aliphatic heterocycles. The van der Waals surface area contributed by atoms with Gasteiger partial charge in [0.15, 0.2) is 0 Å². The van der Waals surface area contributed by atoms with Crippen molar-refractivity contribution in [1.82, 2.24) is 0 Å². The first-order chi connectivity index (χ1) is 7.80. The molecule has 94 valence electrons. The maximum absolute atomic E-state index is 13.6. The van der Waals surface area contributed by atoms with Crippen molar-refractivity contribution in [1.29, 1.82) is 0 Å². The Kier molecular flexibility index (Phi) is 2.98. The maximum Gasteiger partial charge on any atom is 0.126 e. The SMILES string of the molecule is CC1(C)CCC(N)(Cc2cc(F)ccc2F)C1. The Balaban J connectivity index is 2.18. The second-order valence-electron chi connectivity index (χ2n) is 6.12. The highest BCUT2D eigenvalue weighted by atomic mass is 19.1. The molecule has 1 fully saturated rings. The van der Waals surface area contributed by atoms with Crippen LogP contribution >= 0.6 is 0 Å². The third kappa shape index (κ3) is 2.83. The lowest BCUT2D eigenvalue weighted by atomic mass is 9.84. The number of hydrogen-bond donors (Lipinski definition) is 1. The summed E-state index contributed by atoms with van der Waals surface area (Å²) >= 11 is 0. The lowest BCUT2D eigenvalue weighted by Crippen LogP contribution is -2.40. The molecular weight excluding hydrogens is 220 g/mol. The van der Waals surface area contributed by atoms with E-state index in [4.69, 9.17) is 5.73 Å². The molecule has 0 heterocycles. The standard InChI is InChI=1S/C14H19F2N/c1-13(2)5-6-14(17,9-13)8-10-7-11(15)3-4-12(10)16/h3-4,7H,5-6,8-9,17H2,1-2H3. The van der Waals surface area contributed by atoms with Crippen molar-refractivity contribution in [2.75, 3.05) is 0 Å². The van der Waals surface area contributed by atoms with E-state index in [0.29, 0.717) is 12.0 Å². The lowest BCUT2D eigenvalue weighted by molar-refractivity contribution is 0.332. The summed E-state index contributed by atoms with van der Waals surface area (Å²) in [5.74, 6) is -0.761. The average Bonchev–Trinajstić information content (AvgIpc) is 2.47. The van der Waals surface area contributed by atoms with E-state index < -0.39 is 11.4 Å². The molecule has 0 radical (unpaired) electrons. The molecule has 0 spiro atoms. The van der Waals surface area contributed by atoms with E-state index in [-0.39, 0.29) is 11.2 Å². The van der Waals surface area contributed by atoms with Gasteiger partial charge in [-0.3, -0.25) is 0 Å². The van der Waals surface area contributed by atoms with E-state index in [1.807, 2.05) is 0 Å². The van der Waals surface area contributed by atoms with Crippen molar-refractivity contribution in [3.63, 3.8) is 0 Å². The minimum absolute atomic E-state index is 0.207. The molecule has 1 aromatic rings. The molecule has 1 aromatic carbocycles. The van der Waals surface area contributed by atoms with Crippen molar-refractivity contribution in [2.24, 2.45) is 11.1 Å². The number of hydrogen-bond acceptors (Lipinski definition) is 1. The van der Waals surface area contributed by atoms with Gasteiger partial charge in [0.25, 0.3) is 0 Å². The van der Waals surface area contributed by atoms with Crippen molar-refractivity contribution in [2.45, 2.75) is 45.1 Å². The van der Waals surface area contributed by atoms with Gasteiger partial charge < -0.3 is 5.73 Å². The highest BCUT2D eigenvalue weighted by Crippen LogP contribution is 2.43. The Hall–Kier alpha value is -0.960. The van der Waals surface area contributed by atoms with E-state index in [1.54, 1.807) is 0 Å². The second-order valence-corrected chi connectivity index (χ2v) is 6.12. The molecule has 1 unspecified atom stereocenters. The van der Waals surface area contributed by atoms with Gasteiger partial charge in [-0.25, -0.2) is 8.78 Å². The molecule has 1 saturated carbocycles. The van der Waals surface area contributed by atoms with Crippen LogP contribution in [-0.2, 0) is 6.42 Å². The molecule has 2 rings (SSSR count). The van der Waals surface area contributed by atoms with Gasteiger partial charge in [-0.1, -0.05) is 13.8 Å². The Labute approximate surface area is 101 Å². The van der Waals surface area contributed by atoms with Crippen molar-refractivity contribution in [3.05, 3.63) is 35.4 Å². The Morgan fingerprint density at radius 3 is 2.53 bits per heavy atom. The maximum atomic E-state index is 13.6. The first kappa shape index (κ1) is 12.5. The number of benzene rings is 1. The van der Waals surface area contributed by atoms with E-state index in [0.717, 1.165) is 25.3 Å². The molecule has 3 heteroatoms. The van der Waals surface area contributed by atoms with E-state index >= 15 is 0 Å². The van der Waals surface area contributed by atoms with Gasteiger partial charge in [0.05, 0.1) is 0 Å². The molecule has 0 amide bonds. The topological polar surface area (TPSA) is 26.0 Å². The third-order valence-corrected chi connectivity index (χ3v) is 3.68. The largest absolute Gasteiger partial charge is 0.325 e. The molecule has 1 aliphatic carbocycles. The summed E-state index contributed by atoms with van der Waals surface area (Å²) in [6, 6.07) is 3.57. The van der Waals surface area contributed by atoms with Gasteiger partial charge in [0.1, 0.15) is 11.6 Å². The monoisotopic (exact) mass is 239 g/mol. The predicted octanol–water partition coefficient (Wildman–Crippen LogP) is 3.41. The van der Waals surface area contributed by atoms with Crippen molar-refractivity contribution < 1.29 is 8.78 Å². The molecular formula is C14H19F2N. The number of nitrogens with two attached hydrogens (primary N) is 1. The smallest absolute Gasteiger partial charge is 0.126 e. The molecule has 1 atom stereocenters. The van der Waals surface area contributed by atoms with E-state index in [1.165, 1.54) is 12.1 Å². The third-order valence-electron chi connectivity index (χ3n) is 3.68. The van der Waals surface area contributed by atoms with Crippen LogP contribution in [0, 0.1) is 17.0 Å². The summed E-state index contributed by atoms with van der Waals surface area (Å²) in [6.45, 7) is 4.34.